The maximum Gasteiger partial charge on any atom is 0.164 e. The number of hydrogen-bond acceptors (Lipinski definition) is 1. The maximum absolute atomic E-state index is 11.8. The lowest BCUT2D eigenvalue weighted by Crippen LogP contribution is -1.94. The number of aryl methyl sites for hydroxylation is 2. The standard InChI is InChI=1S/C14H15NO/c1-2-13(16)12-8-15-14-10-5-3-4-9(10)6-7-11(12)14/h6-8,15H,2-5H2,1H3. The Hall–Kier alpha value is -1.57. The van der Waals surface area contributed by atoms with Crippen molar-refractivity contribution in [1.29, 1.82) is 0 Å². The van der Waals surface area contributed by atoms with Gasteiger partial charge in [-0.1, -0.05) is 19.1 Å². The Morgan fingerprint density at radius 2 is 2.25 bits per heavy atom. The predicted octanol–water partition coefficient (Wildman–Crippen LogP) is 3.25. The van der Waals surface area contributed by atoms with Crippen molar-refractivity contribution in [1.82, 2.24) is 4.98 Å². The molecule has 0 spiro atoms. The molecule has 0 atom stereocenters. The van der Waals surface area contributed by atoms with Crippen LogP contribution in [0.2, 0.25) is 0 Å². The van der Waals surface area contributed by atoms with Gasteiger partial charge in [-0.05, 0) is 30.4 Å². The van der Waals surface area contributed by atoms with Crippen LogP contribution in [-0.4, -0.2) is 10.8 Å². The number of carbonyl (C=O) groups is 1. The number of benzene rings is 1. The number of carbonyl (C=O) groups excluding carboxylic acids is 1. The highest BCUT2D eigenvalue weighted by Crippen LogP contribution is 2.31. The van der Waals surface area contributed by atoms with Gasteiger partial charge in [0.25, 0.3) is 0 Å². The minimum absolute atomic E-state index is 0.226. The molecule has 2 heteroatoms. The molecule has 16 heavy (non-hydrogen) atoms. The van der Waals surface area contributed by atoms with Crippen molar-refractivity contribution < 1.29 is 4.79 Å². The summed E-state index contributed by atoms with van der Waals surface area (Å²) in [6.45, 7) is 1.91. The van der Waals surface area contributed by atoms with E-state index in [1.54, 1.807) is 0 Å². The van der Waals surface area contributed by atoms with Gasteiger partial charge in [0.05, 0.1) is 0 Å². The van der Waals surface area contributed by atoms with Gasteiger partial charge in [0.2, 0.25) is 0 Å². The lowest BCUT2D eigenvalue weighted by molar-refractivity contribution is 0.0990. The second-order valence-electron chi connectivity index (χ2n) is 4.46. The molecular weight excluding hydrogens is 198 g/mol. The summed E-state index contributed by atoms with van der Waals surface area (Å²) in [5.41, 5.74) is 4.91. The molecule has 1 N–H and O–H groups in total. The number of aromatic amines is 1. The fourth-order valence-electron chi connectivity index (χ4n) is 2.70. The molecule has 2 aromatic rings. The molecule has 1 heterocycles. The van der Waals surface area contributed by atoms with Gasteiger partial charge in [0.15, 0.2) is 5.78 Å². The lowest BCUT2D eigenvalue weighted by atomic mass is 10.0. The quantitative estimate of drug-likeness (QED) is 0.763. The summed E-state index contributed by atoms with van der Waals surface area (Å²) in [6, 6.07) is 4.28. The largest absolute Gasteiger partial charge is 0.360 e. The molecule has 0 aliphatic heterocycles. The van der Waals surface area contributed by atoms with Crippen molar-refractivity contribution in [2.75, 3.05) is 0 Å². The minimum atomic E-state index is 0.226. The summed E-state index contributed by atoms with van der Waals surface area (Å²) >= 11 is 0. The Bertz CT molecular complexity index is 565. The van der Waals surface area contributed by atoms with Gasteiger partial charge in [0.1, 0.15) is 0 Å². The van der Waals surface area contributed by atoms with E-state index in [2.05, 4.69) is 17.1 Å². The topological polar surface area (TPSA) is 32.9 Å². The number of hydrogen-bond donors (Lipinski definition) is 1. The smallest absolute Gasteiger partial charge is 0.164 e. The first-order valence-corrected chi connectivity index (χ1v) is 5.96. The van der Waals surface area contributed by atoms with E-state index in [9.17, 15) is 4.79 Å². The van der Waals surface area contributed by atoms with Gasteiger partial charge in [-0.2, -0.15) is 0 Å². The molecule has 0 saturated carbocycles. The molecule has 0 fully saturated rings. The number of rotatable bonds is 2. The monoisotopic (exact) mass is 213 g/mol. The maximum atomic E-state index is 11.8. The minimum Gasteiger partial charge on any atom is -0.360 e. The van der Waals surface area contributed by atoms with Crippen LogP contribution in [0.1, 0.15) is 41.3 Å². The Labute approximate surface area is 94.7 Å². The lowest BCUT2D eigenvalue weighted by Gasteiger charge is -2.01. The highest BCUT2D eigenvalue weighted by Gasteiger charge is 2.17. The summed E-state index contributed by atoms with van der Waals surface area (Å²) in [7, 11) is 0. The van der Waals surface area contributed by atoms with Crippen LogP contribution in [0.25, 0.3) is 10.9 Å². The highest BCUT2D eigenvalue weighted by atomic mass is 16.1. The van der Waals surface area contributed by atoms with E-state index in [0.717, 1.165) is 17.4 Å². The summed E-state index contributed by atoms with van der Waals surface area (Å²) in [4.78, 5) is 15.1. The number of aromatic nitrogens is 1. The normalized spacial score (nSPS) is 14.3. The van der Waals surface area contributed by atoms with E-state index in [-0.39, 0.29) is 5.78 Å². The van der Waals surface area contributed by atoms with Crippen LogP contribution >= 0.6 is 0 Å². The third kappa shape index (κ3) is 1.22. The summed E-state index contributed by atoms with van der Waals surface area (Å²) in [5.74, 6) is 0.226. The molecule has 0 saturated heterocycles. The molecule has 1 aliphatic rings. The van der Waals surface area contributed by atoms with Gasteiger partial charge in [-0.15, -0.1) is 0 Å². The van der Waals surface area contributed by atoms with E-state index in [1.807, 2.05) is 13.1 Å². The van der Waals surface area contributed by atoms with Crippen LogP contribution in [0.15, 0.2) is 18.3 Å². The van der Waals surface area contributed by atoms with Gasteiger partial charge in [-0.25, -0.2) is 0 Å². The zero-order chi connectivity index (χ0) is 11.1. The molecule has 1 aromatic heterocycles. The summed E-state index contributed by atoms with van der Waals surface area (Å²) in [6.07, 6.45) is 6.01. The fourth-order valence-corrected chi connectivity index (χ4v) is 2.70. The van der Waals surface area contributed by atoms with E-state index < -0.39 is 0 Å². The number of ketones is 1. The molecule has 0 bridgehead atoms. The van der Waals surface area contributed by atoms with Crippen LogP contribution in [0.4, 0.5) is 0 Å². The van der Waals surface area contributed by atoms with Gasteiger partial charge < -0.3 is 4.98 Å². The average Bonchev–Trinajstić information content (AvgIpc) is 2.92. The number of Topliss-reactive ketones (excluding diaryl/α,β-unsaturated/α-hetero) is 1. The van der Waals surface area contributed by atoms with Gasteiger partial charge >= 0.3 is 0 Å². The van der Waals surface area contributed by atoms with Crippen LogP contribution in [0.5, 0.6) is 0 Å². The Balaban J connectivity index is 2.26. The Kier molecular flexibility index (Phi) is 2.10. The van der Waals surface area contributed by atoms with Crippen molar-refractivity contribution in [3.8, 4) is 0 Å². The van der Waals surface area contributed by atoms with Crippen molar-refractivity contribution in [3.05, 3.63) is 35.0 Å². The van der Waals surface area contributed by atoms with Crippen LogP contribution in [-0.2, 0) is 12.8 Å². The number of nitrogens with one attached hydrogen (secondary N) is 1. The summed E-state index contributed by atoms with van der Waals surface area (Å²) < 4.78 is 0. The third-order valence-corrected chi connectivity index (χ3v) is 3.56. The Morgan fingerprint density at radius 3 is 3.06 bits per heavy atom. The zero-order valence-corrected chi connectivity index (χ0v) is 9.47. The SMILES string of the molecule is CCC(=O)c1c[nH]c2c3c(ccc12)CCC3. The molecule has 1 aromatic carbocycles. The van der Waals surface area contributed by atoms with Crippen LogP contribution in [0.3, 0.4) is 0 Å². The zero-order valence-electron chi connectivity index (χ0n) is 9.47. The number of fused-ring (bicyclic) bond motifs is 3. The van der Waals surface area contributed by atoms with E-state index >= 15 is 0 Å². The van der Waals surface area contributed by atoms with E-state index in [1.165, 1.54) is 29.5 Å². The molecule has 2 nitrogen and oxygen atoms in total. The van der Waals surface area contributed by atoms with Crippen molar-refractivity contribution >= 4 is 16.7 Å². The molecule has 0 amide bonds. The van der Waals surface area contributed by atoms with Gasteiger partial charge in [0, 0.05) is 29.1 Å². The average molecular weight is 213 g/mol. The predicted molar refractivity (Wildman–Crippen MR) is 64.9 cm³/mol. The van der Waals surface area contributed by atoms with Crippen molar-refractivity contribution in [2.24, 2.45) is 0 Å². The van der Waals surface area contributed by atoms with Crippen LogP contribution in [0, 0.1) is 0 Å². The molecule has 0 radical (unpaired) electrons. The first-order valence-electron chi connectivity index (χ1n) is 5.96. The molecule has 82 valence electrons. The van der Waals surface area contributed by atoms with Crippen molar-refractivity contribution in [3.63, 3.8) is 0 Å². The first-order chi connectivity index (χ1) is 7.81. The van der Waals surface area contributed by atoms with Gasteiger partial charge in [-0.3, -0.25) is 4.79 Å². The highest BCUT2D eigenvalue weighted by molar-refractivity contribution is 6.08. The second-order valence-corrected chi connectivity index (χ2v) is 4.46. The molecule has 1 aliphatic carbocycles. The third-order valence-electron chi connectivity index (χ3n) is 3.56. The Morgan fingerprint density at radius 1 is 1.38 bits per heavy atom. The second kappa shape index (κ2) is 3.48. The number of H-pyrrole nitrogens is 1. The molecule has 0 unspecified atom stereocenters. The van der Waals surface area contributed by atoms with E-state index in [4.69, 9.17) is 0 Å². The summed E-state index contributed by atoms with van der Waals surface area (Å²) in [5, 5.41) is 1.10. The fraction of sp³-hybridized carbons (Fsp3) is 0.357. The van der Waals surface area contributed by atoms with Crippen molar-refractivity contribution in [2.45, 2.75) is 32.6 Å². The first kappa shape index (κ1) is 9.64. The van der Waals surface area contributed by atoms with E-state index in [0.29, 0.717) is 6.42 Å². The molecular formula is C14H15NO. The molecule has 3 rings (SSSR count). The van der Waals surface area contributed by atoms with Crippen LogP contribution < -0.4 is 0 Å².